The zero-order chi connectivity index (χ0) is 18.2. The highest BCUT2D eigenvalue weighted by Crippen LogP contribution is 2.25. The molecule has 2 rings (SSSR count). The van der Waals surface area contributed by atoms with E-state index in [-0.39, 0.29) is 5.91 Å². The Morgan fingerprint density at radius 1 is 1.20 bits per heavy atom. The molecule has 2 aromatic carbocycles. The fourth-order valence-electron chi connectivity index (χ4n) is 2.27. The smallest absolute Gasteiger partial charge is 0.232 e. The maximum absolute atomic E-state index is 12.4. The molecule has 1 amide bonds. The molecule has 0 aliphatic carbocycles. The van der Waals surface area contributed by atoms with Gasteiger partial charge >= 0.3 is 0 Å². The Kier molecular flexibility index (Phi) is 7.47. The summed E-state index contributed by atoms with van der Waals surface area (Å²) in [5.74, 6) is 1.97. The summed E-state index contributed by atoms with van der Waals surface area (Å²) in [5, 5.41) is 0.625. The average molecular weight is 380 g/mol. The van der Waals surface area contributed by atoms with Crippen LogP contribution in [0.5, 0.6) is 11.5 Å². The summed E-state index contributed by atoms with van der Waals surface area (Å²) in [6.45, 7) is 3.04. The number of carbonyl (C=O) groups excluding carboxylic acids is 1. The summed E-state index contributed by atoms with van der Waals surface area (Å²) in [6, 6.07) is 13.2. The van der Waals surface area contributed by atoms with Gasteiger partial charge in [0.25, 0.3) is 0 Å². The van der Waals surface area contributed by atoms with Crippen LogP contribution in [0.15, 0.2) is 47.4 Å². The summed E-state index contributed by atoms with van der Waals surface area (Å²) in [6.07, 6.45) is 0. The number of rotatable bonds is 8. The van der Waals surface area contributed by atoms with Gasteiger partial charge in [-0.05, 0) is 49.4 Å². The number of halogens is 1. The van der Waals surface area contributed by atoms with Crippen molar-refractivity contribution in [3.8, 4) is 11.5 Å². The summed E-state index contributed by atoms with van der Waals surface area (Å²) >= 11 is 7.54. The molecule has 0 radical (unpaired) electrons. The number of hydrogen-bond acceptors (Lipinski definition) is 4. The molecule has 0 atom stereocenters. The highest BCUT2D eigenvalue weighted by Gasteiger charge is 2.13. The topological polar surface area (TPSA) is 38.8 Å². The van der Waals surface area contributed by atoms with Crippen LogP contribution < -0.4 is 9.47 Å². The van der Waals surface area contributed by atoms with Crippen molar-refractivity contribution >= 4 is 29.3 Å². The average Bonchev–Trinajstić information content (AvgIpc) is 2.61. The van der Waals surface area contributed by atoms with E-state index in [1.54, 1.807) is 25.1 Å². The monoisotopic (exact) mass is 379 g/mol. The van der Waals surface area contributed by atoms with Crippen LogP contribution in [0.3, 0.4) is 0 Å². The van der Waals surface area contributed by atoms with Crippen molar-refractivity contribution in [2.45, 2.75) is 18.4 Å². The van der Waals surface area contributed by atoms with Gasteiger partial charge < -0.3 is 14.4 Å². The molecule has 4 nitrogen and oxygen atoms in total. The van der Waals surface area contributed by atoms with Gasteiger partial charge in [-0.1, -0.05) is 11.6 Å². The molecule has 0 unspecified atom stereocenters. The number of amides is 1. The van der Waals surface area contributed by atoms with Crippen molar-refractivity contribution in [2.75, 3.05) is 26.5 Å². The van der Waals surface area contributed by atoms with Gasteiger partial charge in [-0.3, -0.25) is 4.79 Å². The number of methoxy groups -OCH3 is 1. The van der Waals surface area contributed by atoms with E-state index in [1.807, 2.05) is 43.3 Å². The van der Waals surface area contributed by atoms with E-state index in [9.17, 15) is 4.79 Å². The highest BCUT2D eigenvalue weighted by atomic mass is 35.5. The Bertz CT molecular complexity index is 706. The van der Waals surface area contributed by atoms with Gasteiger partial charge in [0, 0.05) is 29.1 Å². The van der Waals surface area contributed by atoms with Crippen LogP contribution in [0.1, 0.15) is 12.5 Å². The first-order valence-electron chi connectivity index (χ1n) is 7.95. The van der Waals surface area contributed by atoms with Crippen molar-refractivity contribution in [1.82, 2.24) is 4.90 Å². The summed E-state index contributed by atoms with van der Waals surface area (Å²) in [7, 11) is 3.39. The van der Waals surface area contributed by atoms with Gasteiger partial charge in [0.05, 0.1) is 19.5 Å². The number of hydrogen-bond donors (Lipinski definition) is 0. The molecule has 0 aromatic heterocycles. The largest absolute Gasteiger partial charge is 0.496 e. The summed E-state index contributed by atoms with van der Waals surface area (Å²) in [5.41, 5.74) is 0.886. The normalized spacial score (nSPS) is 10.4. The standard InChI is InChI=1S/C19H22ClNO3S/c1-4-24-16-6-8-17(9-7-16)25-13-19(22)21(2)12-14-11-15(20)5-10-18(14)23-3/h5-11H,4,12-13H2,1-3H3. The fraction of sp³-hybridized carbons (Fsp3) is 0.316. The van der Waals surface area contributed by atoms with E-state index in [0.29, 0.717) is 23.9 Å². The summed E-state index contributed by atoms with van der Waals surface area (Å²) < 4.78 is 10.7. The van der Waals surface area contributed by atoms with E-state index in [1.165, 1.54) is 11.8 Å². The van der Waals surface area contributed by atoms with Crippen LogP contribution in [0.4, 0.5) is 0 Å². The molecular weight excluding hydrogens is 358 g/mol. The molecule has 0 N–H and O–H groups in total. The second kappa shape index (κ2) is 9.59. The zero-order valence-corrected chi connectivity index (χ0v) is 16.2. The molecule has 0 saturated carbocycles. The predicted octanol–water partition coefficient (Wildman–Crippen LogP) is 4.50. The van der Waals surface area contributed by atoms with E-state index in [2.05, 4.69) is 0 Å². The SMILES string of the molecule is CCOc1ccc(SCC(=O)N(C)Cc2cc(Cl)ccc2OC)cc1. The minimum atomic E-state index is 0.0425. The molecule has 0 aliphatic rings. The van der Waals surface area contributed by atoms with Crippen molar-refractivity contribution < 1.29 is 14.3 Å². The number of carbonyl (C=O) groups is 1. The minimum Gasteiger partial charge on any atom is -0.496 e. The van der Waals surface area contributed by atoms with Gasteiger partial charge in [0.1, 0.15) is 11.5 Å². The molecule has 0 heterocycles. The Balaban J connectivity index is 1.91. The van der Waals surface area contributed by atoms with Gasteiger partial charge in [-0.15, -0.1) is 11.8 Å². The number of benzene rings is 2. The van der Waals surface area contributed by atoms with E-state index in [4.69, 9.17) is 21.1 Å². The second-order valence-electron chi connectivity index (χ2n) is 5.40. The number of ether oxygens (including phenoxy) is 2. The third-order valence-corrected chi connectivity index (χ3v) is 4.80. The van der Waals surface area contributed by atoms with Gasteiger partial charge in [-0.25, -0.2) is 0 Å². The molecule has 6 heteroatoms. The minimum absolute atomic E-state index is 0.0425. The third kappa shape index (κ3) is 5.87. The molecule has 0 spiro atoms. The van der Waals surface area contributed by atoms with Crippen molar-refractivity contribution in [1.29, 1.82) is 0 Å². The molecule has 25 heavy (non-hydrogen) atoms. The van der Waals surface area contributed by atoms with Gasteiger partial charge in [0.15, 0.2) is 0 Å². The summed E-state index contributed by atoms with van der Waals surface area (Å²) in [4.78, 5) is 15.1. The molecule has 0 aliphatic heterocycles. The molecule has 134 valence electrons. The van der Waals surface area contributed by atoms with E-state index >= 15 is 0 Å². The molecule has 0 saturated heterocycles. The maximum Gasteiger partial charge on any atom is 0.232 e. The lowest BCUT2D eigenvalue weighted by molar-refractivity contribution is -0.127. The first kappa shape index (κ1) is 19.5. The second-order valence-corrected chi connectivity index (χ2v) is 6.88. The van der Waals surface area contributed by atoms with E-state index in [0.717, 1.165) is 22.0 Å². The maximum atomic E-state index is 12.4. The zero-order valence-electron chi connectivity index (χ0n) is 14.6. The number of nitrogens with zero attached hydrogens (tertiary/aromatic N) is 1. The first-order chi connectivity index (χ1) is 12.0. The number of thioether (sulfide) groups is 1. The lowest BCUT2D eigenvalue weighted by Crippen LogP contribution is -2.28. The van der Waals surface area contributed by atoms with Crippen LogP contribution in [0.2, 0.25) is 5.02 Å². The van der Waals surface area contributed by atoms with Crippen molar-refractivity contribution in [3.05, 3.63) is 53.1 Å². The quantitative estimate of drug-likeness (QED) is 0.633. The predicted molar refractivity (Wildman–Crippen MR) is 103 cm³/mol. The van der Waals surface area contributed by atoms with Gasteiger partial charge in [-0.2, -0.15) is 0 Å². The fourth-order valence-corrected chi connectivity index (χ4v) is 3.30. The van der Waals surface area contributed by atoms with Crippen LogP contribution in [0.25, 0.3) is 0 Å². The first-order valence-corrected chi connectivity index (χ1v) is 9.32. The molecule has 0 bridgehead atoms. The highest BCUT2D eigenvalue weighted by molar-refractivity contribution is 8.00. The molecule has 2 aromatic rings. The Hall–Kier alpha value is -1.85. The van der Waals surface area contributed by atoms with Crippen LogP contribution in [0, 0.1) is 0 Å². The van der Waals surface area contributed by atoms with Crippen molar-refractivity contribution in [3.63, 3.8) is 0 Å². The van der Waals surface area contributed by atoms with Crippen LogP contribution in [-0.4, -0.2) is 37.3 Å². The Morgan fingerprint density at radius 3 is 2.56 bits per heavy atom. The van der Waals surface area contributed by atoms with Gasteiger partial charge in [0.2, 0.25) is 5.91 Å². The van der Waals surface area contributed by atoms with Crippen molar-refractivity contribution in [2.24, 2.45) is 0 Å². The Labute approximate surface area is 158 Å². The van der Waals surface area contributed by atoms with Crippen LogP contribution >= 0.6 is 23.4 Å². The Morgan fingerprint density at radius 2 is 1.92 bits per heavy atom. The lowest BCUT2D eigenvalue weighted by Gasteiger charge is -2.19. The van der Waals surface area contributed by atoms with Crippen LogP contribution in [-0.2, 0) is 11.3 Å². The molecule has 0 fully saturated rings. The molecular formula is C19H22ClNO3S. The third-order valence-electron chi connectivity index (χ3n) is 3.57. The lowest BCUT2D eigenvalue weighted by atomic mass is 10.2. The van der Waals surface area contributed by atoms with E-state index < -0.39 is 0 Å².